The monoisotopic (exact) mass is 252 g/mol. The highest BCUT2D eigenvalue weighted by atomic mass is 16.5. The first-order valence-corrected chi connectivity index (χ1v) is 6.51. The maximum Gasteiger partial charge on any atom is 0.310 e. The maximum atomic E-state index is 11.8. The average molecular weight is 252 g/mol. The molecular formula is C13H20N2O3. The highest BCUT2D eigenvalue weighted by Gasteiger charge is 2.30. The van der Waals surface area contributed by atoms with E-state index < -0.39 is 0 Å². The third kappa shape index (κ3) is 3.32. The van der Waals surface area contributed by atoms with Gasteiger partial charge in [-0.25, -0.2) is 0 Å². The van der Waals surface area contributed by atoms with Crippen LogP contribution in [0.4, 0.5) is 0 Å². The van der Waals surface area contributed by atoms with Crippen molar-refractivity contribution in [2.75, 3.05) is 7.11 Å². The Morgan fingerprint density at radius 1 is 1.50 bits per heavy atom. The summed E-state index contributed by atoms with van der Waals surface area (Å²) >= 11 is 0. The van der Waals surface area contributed by atoms with E-state index in [1.807, 2.05) is 6.07 Å². The van der Waals surface area contributed by atoms with Crippen LogP contribution in [0.25, 0.3) is 0 Å². The van der Waals surface area contributed by atoms with Gasteiger partial charge in [0.25, 0.3) is 0 Å². The normalized spacial score (nSPS) is 24.5. The van der Waals surface area contributed by atoms with Crippen LogP contribution in [0.5, 0.6) is 0 Å². The van der Waals surface area contributed by atoms with E-state index in [-0.39, 0.29) is 17.9 Å². The molecule has 18 heavy (non-hydrogen) atoms. The van der Waals surface area contributed by atoms with E-state index in [1.54, 1.807) is 6.26 Å². The second-order valence-corrected chi connectivity index (χ2v) is 4.75. The van der Waals surface area contributed by atoms with E-state index in [0.29, 0.717) is 6.54 Å². The van der Waals surface area contributed by atoms with Crippen molar-refractivity contribution in [3.63, 3.8) is 0 Å². The van der Waals surface area contributed by atoms with Gasteiger partial charge in [-0.3, -0.25) is 4.79 Å². The van der Waals surface area contributed by atoms with Crippen LogP contribution in [-0.4, -0.2) is 24.3 Å². The van der Waals surface area contributed by atoms with Crippen molar-refractivity contribution in [3.05, 3.63) is 18.0 Å². The Kier molecular flexibility index (Phi) is 4.75. The number of aromatic nitrogens is 1. The zero-order chi connectivity index (χ0) is 12.8. The van der Waals surface area contributed by atoms with Crippen molar-refractivity contribution >= 4 is 5.97 Å². The molecule has 1 saturated carbocycles. The summed E-state index contributed by atoms with van der Waals surface area (Å²) < 4.78 is 9.69. The number of methoxy groups -OCH3 is 1. The predicted molar refractivity (Wildman–Crippen MR) is 65.7 cm³/mol. The Morgan fingerprint density at radius 3 is 3.06 bits per heavy atom. The number of hydrogen-bond acceptors (Lipinski definition) is 5. The summed E-state index contributed by atoms with van der Waals surface area (Å²) in [6, 6.07) is 2.01. The highest BCUT2D eigenvalue weighted by Crippen LogP contribution is 2.24. The first kappa shape index (κ1) is 13.1. The molecule has 0 spiro atoms. The van der Waals surface area contributed by atoms with Gasteiger partial charge < -0.3 is 14.6 Å². The average Bonchev–Trinajstić information content (AvgIpc) is 2.80. The molecule has 0 aliphatic heterocycles. The van der Waals surface area contributed by atoms with E-state index in [4.69, 9.17) is 9.26 Å². The fourth-order valence-electron chi connectivity index (χ4n) is 2.55. The van der Waals surface area contributed by atoms with Crippen molar-refractivity contribution < 1.29 is 14.1 Å². The lowest BCUT2D eigenvalue weighted by molar-refractivity contribution is -0.146. The molecule has 2 rings (SSSR count). The molecule has 0 unspecified atom stereocenters. The molecule has 0 radical (unpaired) electrons. The molecule has 1 heterocycles. The minimum absolute atomic E-state index is 0.0376. The fraction of sp³-hybridized carbons (Fsp3) is 0.692. The number of carbonyl (C=O) groups is 1. The van der Waals surface area contributed by atoms with Crippen molar-refractivity contribution in [2.24, 2.45) is 5.92 Å². The molecule has 0 aromatic carbocycles. The van der Waals surface area contributed by atoms with Crippen molar-refractivity contribution in [2.45, 2.75) is 44.7 Å². The van der Waals surface area contributed by atoms with E-state index in [0.717, 1.165) is 31.4 Å². The molecule has 0 amide bonds. The second kappa shape index (κ2) is 6.54. The topological polar surface area (TPSA) is 64.4 Å². The number of nitrogens with one attached hydrogen (secondary N) is 1. The molecule has 5 nitrogen and oxygen atoms in total. The van der Waals surface area contributed by atoms with Crippen LogP contribution < -0.4 is 5.32 Å². The zero-order valence-corrected chi connectivity index (χ0v) is 10.7. The highest BCUT2D eigenvalue weighted by molar-refractivity contribution is 5.73. The number of hydrogen-bond donors (Lipinski definition) is 1. The Bertz CT molecular complexity index is 364. The first-order chi connectivity index (χ1) is 8.81. The fourth-order valence-corrected chi connectivity index (χ4v) is 2.55. The first-order valence-electron chi connectivity index (χ1n) is 6.51. The third-order valence-electron chi connectivity index (χ3n) is 3.56. The number of esters is 1. The van der Waals surface area contributed by atoms with Gasteiger partial charge >= 0.3 is 5.97 Å². The van der Waals surface area contributed by atoms with Gasteiger partial charge in [-0.1, -0.05) is 24.4 Å². The van der Waals surface area contributed by atoms with Gasteiger partial charge in [-0.2, -0.15) is 0 Å². The Labute approximate surface area is 107 Å². The lowest BCUT2D eigenvalue weighted by atomic mass is 9.95. The minimum Gasteiger partial charge on any atom is -0.469 e. The van der Waals surface area contributed by atoms with E-state index in [2.05, 4.69) is 10.5 Å². The van der Waals surface area contributed by atoms with Gasteiger partial charge in [0.2, 0.25) is 0 Å². The van der Waals surface area contributed by atoms with E-state index >= 15 is 0 Å². The van der Waals surface area contributed by atoms with Crippen LogP contribution in [-0.2, 0) is 16.1 Å². The summed E-state index contributed by atoms with van der Waals surface area (Å²) in [6.45, 7) is 0.634. The molecule has 5 heteroatoms. The van der Waals surface area contributed by atoms with Crippen molar-refractivity contribution in [1.29, 1.82) is 0 Å². The summed E-state index contributed by atoms with van der Waals surface area (Å²) in [5.74, 6) is -0.140. The van der Waals surface area contributed by atoms with Crippen LogP contribution in [0, 0.1) is 5.92 Å². The minimum atomic E-state index is -0.102. The molecule has 0 bridgehead atoms. The van der Waals surface area contributed by atoms with Gasteiger partial charge in [0.1, 0.15) is 6.26 Å². The van der Waals surface area contributed by atoms with Crippen LogP contribution in [0.3, 0.4) is 0 Å². The predicted octanol–water partition coefficient (Wildman–Crippen LogP) is 1.89. The zero-order valence-electron chi connectivity index (χ0n) is 10.7. The van der Waals surface area contributed by atoms with E-state index in [1.165, 1.54) is 13.5 Å². The second-order valence-electron chi connectivity index (χ2n) is 4.75. The molecule has 1 N–H and O–H groups in total. The molecule has 0 saturated heterocycles. The molecule has 1 fully saturated rings. The Balaban J connectivity index is 1.94. The molecule has 2 atom stereocenters. The van der Waals surface area contributed by atoms with Crippen molar-refractivity contribution in [3.8, 4) is 0 Å². The van der Waals surface area contributed by atoms with E-state index in [9.17, 15) is 4.79 Å². The summed E-state index contributed by atoms with van der Waals surface area (Å²) in [4.78, 5) is 11.8. The Morgan fingerprint density at radius 2 is 2.33 bits per heavy atom. The quantitative estimate of drug-likeness (QED) is 0.655. The van der Waals surface area contributed by atoms with Gasteiger partial charge in [-0.15, -0.1) is 0 Å². The molecule has 1 aromatic heterocycles. The summed E-state index contributed by atoms with van der Waals surface area (Å²) in [5, 5.41) is 7.27. The lowest BCUT2D eigenvalue weighted by Gasteiger charge is -2.23. The SMILES string of the molecule is COC(=O)[C@H]1CCCCC[C@H]1NCc1ccon1. The number of rotatable bonds is 4. The van der Waals surface area contributed by atoms with Crippen LogP contribution >= 0.6 is 0 Å². The maximum absolute atomic E-state index is 11.8. The van der Waals surface area contributed by atoms with Crippen LogP contribution in [0.2, 0.25) is 0 Å². The number of ether oxygens (including phenoxy) is 1. The molecule has 100 valence electrons. The van der Waals surface area contributed by atoms with Gasteiger partial charge in [-0.05, 0) is 12.8 Å². The lowest BCUT2D eigenvalue weighted by Crippen LogP contribution is -2.39. The van der Waals surface area contributed by atoms with Crippen LogP contribution in [0.1, 0.15) is 37.8 Å². The molecule has 1 aliphatic rings. The smallest absolute Gasteiger partial charge is 0.310 e. The standard InChI is InChI=1S/C13H20N2O3/c1-17-13(16)11-5-3-2-4-6-12(11)14-9-10-7-8-18-15-10/h7-8,11-12,14H,2-6,9H2,1H3/t11-,12+/m0/s1. The van der Waals surface area contributed by atoms with Gasteiger partial charge in [0, 0.05) is 18.7 Å². The Hall–Kier alpha value is -1.36. The molecule has 1 aromatic rings. The third-order valence-corrected chi connectivity index (χ3v) is 3.56. The molecular weight excluding hydrogens is 232 g/mol. The largest absolute Gasteiger partial charge is 0.469 e. The van der Waals surface area contributed by atoms with Gasteiger partial charge in [0.05, 0.1) is 18.7 Å². The number of carbonyl (C=O) groups excluding carboxylic acids is 1. The summed E-state index contributed by atoms with van der Waals surface area (Å²) in [7, 11) is 1.46. The van der Waals surface area contributed by atoms with Crippen molar-refractivity contribution in [1.82, 2.24) is 10.5 Å². The molecule has 1 aliphatic carbocycles. The summed E-state index contributed by atoms with van der Waals surface area (Å²) in [6.07, 6.45) is 6.92. The van der Waals surface area contributed by atoms with Crippen LogP contribution in [0.15, 0.2) is 16.9 Å². The van der Waals surface area contributed by atoms with Gasteiger partial charge in [0.15, 0.2) is 0 Å². The number of nitrogens with zero attached hydrogens (tertiary/aromatic N) is 1. The summed E-state index contributed by atoms with van der Waals surface area (Å²) in [5.41, 5.74) is 0.864.